The number of carbonyl (C=O) groups is 1. The molecule has 3 aliphatic carbocycles. The second-order valence-corrected chi connectivity index (χ2v) is 13.5. The van der Waals surface area contributed by atoms with E-state index in [0.29, 0.717) is 30.8 Å². The Hall–Kier alpha value is -0.690. The molecule has 4 fully saturated rings. The fourth-order valence-corrected chi connectivity index (χ4v) is 9.60. The lowest BCUT2D eigenvalue weighted by Crippen LogP contribution is -2.55. The topological polar surface area (TPSA) is 107 Å². The molecule has 6 nitrogen and oxygen atoms in total. The van der Waals surface area contributed by atoms with Crippen molar-refractivity contribution in [1.29, 1.82) is 0 Å². The third kappa shape index (κ3) is 4.38. The van der Waals surface area contributed by atoms with Crippen LogP contribution in [0.1, 0.15) is 86.5 Å². The van der Waals surface area contributed by atoms with E-state index in [0.717, 1.165) is 32.1 Å². The summed E-state index contributed by atoms with van der Waals surface area (Å²) in [7, 11) is 0. The normalized spacial score (nSPS) is 47.1. The number of fused-ring (bicyclic) bond motifs is 5. The van der Waals surface area contributed by atoms with E-state index in [1.807, 2.05) is 0 Å². The molecule has 0 bridgehead atoms. The molecule has 1 heterocycles. The summed E-state index contributed by atoms with van der Waals surface area (Å²) >= 11 is 0. The molecule has 0 aromatic rings. The Balaban J connectivity index is 1.57. The first-order valence-electron chi connectivity index (χ1n) is 14.3. The third-order valence-corrected chi connectivity index (χ3v) is 11.7. The lowest BCUT2D eigenvalue weighted by molar-refractivity contribution is -0.162. The van der Waals surface area contributed by atoms with Crippen molar-refractivity contribution in [2.45, 2.75) is 111 Å². The molecule has 1 saturated heterocycles. The average Bonchev–Trinajstić information content (AvgIpc) is 3.11. The molecule has 0 aromatic carbocycles. The van der Waals surface area contributed by atoms with Gasteiger partial charge in [-0.3, -0.25) is 4.79 Å². The molecule has 0 amide bonds. The minimum Gasteiger partial charge on any atom is -0.465 e. The van der Waals surface area contributed by atoms with E-state index in [1.54, 1.807) is 0 Å². The van der Waals surface area contributed by atoms with Gasteiger partial charge in [-0.1, -0.05) is 48.0 Å². The third-order valence-electron chi connectivity index (χ3n) is 11.7. The molecule has 0 aromatic heterocycles. The van der Waals surface area contributed by atoms with Crippen LogP contribution in [-0.2, 0) is 9.53 Å². The maximum absolute atomic E-state index is 13.0. The van der Waals surface area contributed by atoms with E-state index in [4.69, 9.17) is 4.74 Å². The molecule has 1 aliphatic heterocycles. The predicted molar refractivity (Wildman–Crippen MR) is 134 cm³/mol. The zero-order valence-corrected chi connectivity index (χ0v) is 22.7. The zero-order chi connectivity index (χ0) is 25.9. The maximum atomic E-state index is 13.0. The Bertz CT molecular complexity index is 770. The van der Waals surface area contributed by atoms with Crippen molar-refractivity contribution in [2.24, 2.45) is 58.2 Å². The minimum atomic E-state index is -0.867. The number of hydrogen-bond acceptors (Lipinski definition) is 6. The molecule has 4 unspecified atom stereocenters. The molecule has 4 rings (SSSR count). The van der Waals surface area contributed by atoms with Crippen LogP contribution in [0.2, 0.25) is 0 Å². The van der Waals surface area contributed by atoms with E-state index in [9.17, 15) is 25.2 Å². The molecule has 13 atom stereocenters. The fraction of sp³-hybridized carbons (Fsp3) is 0.966. The molecule has 4 aliphatic rings. The molecule has 0 radical (unpaired) electrons. The highest BCUT2D eigenvalue weighted by Crippen LogP contribution is 2.66. The van der Waals surface area contributed by atoms with Crippen molar-refractivity contribution >= 4 is 5.97 Å². The minimum absolute atomic E-state index is 0.00679. The highest BCUT2D eigenvalue weighted by molar-refractivity contribution is 5.74. The number of rotatable bonds is 6. The van der Waals surface area contributed by atoms with Crippen LogP contribution in [0.25, 0.3) is 0 Å². The standard InChI is InChI=1S/C29H50O6/c1-7-17(15(2)3)26(33)25(32)16(4)19-8-9-20-18-14-35-27(34)22-12-23(30)24(31)13-29(22,6)21(18)10-11-28(19,20)5/h15-26,30-33H,7-14H2,1-6H3/t16-,17-,18?,19+,20?,21?,22?,23-,24+,25-,26-,28+,29+/m0/s1. The molecule has 202 valence electrons. The van der Waals surface area contributed by atoms with Crippen LogP contribution in [0.4, 0.5) is 0 Å². The number of esters is 1. The summed E-state index contributed by atoms with van der Waals surface area (Å²) in [5.74, 6) is 1.01. The van der Waals surface area contributed by atoms with Crippen LogP contribution in [0.3, 0.4) is 0 Å². The van der Waals surface area contributed by atoms with Crippen LogP contribution in [0.15, 0.2) is 0 Å². The van der Waals surface area contributed by atoms with E-state index in [1.165, 1.54) is 0 Å². The van der Waals surface area contributed by atoms with Crippen LogP contribution in [0.5, 0.6) is 0 Å². The maximum Gasteiger partial charge on any atom is 0.309 e. The van der Waals surface area contributed by atoms with Gasteiger partial charge >= 0.3 is 5.97 Å². The number of aliphatic hydroxyl groups excluding tert-OH is 4. The van der Waals surface area contributed by atoms with Crippen LogP contribution in [0, 0.1) is 58.2 Å². The van der Waals surface area contributed by atoms with Gasteiger partial charge in [0.15, 0.2) is 0 Å². The average molecular weight is 495 g/mol. The predicted octanol–water partition coefficient (Wildman–Crippen LogP) is 3.78. The Morgan fingerprint density at radius 3 is 2.26 bits per heavy atom. The SMILES string of the molecule is CC[C@@H](C(C)C)[C@H](O)[C@@H](O)[C@@H](C)[C@H]1CCC2C3COC(=O)C4C[C@H](O)[C@H](O)C[C@]4(C)C3CC[C@@]21C. The zero-order valence-electron chi connectivity index (χ0n) is 22.7. The lowest BCUT2D eigenvalue weighted by Gasteiger charge is -2.56. The molecular weight excluding hydrogens is 444 g/mol. The van der Waals surface area contributed by atoms with E-state index in [2.05, 4.69) is 41.5 Å². The molecule has 3 saturated carbocycles. The van der Waals surface area contributed by atoms with Crippen molar-refractivity contribution in [3.8, 4) is 0 Å². The first-order valence-corrected chi connectivity index (χ1v) is 14.3. The summed E-state index contributed by atoms with van der Waals surface area (Å²) in [6, 6.07) is 0. The Kier molecular flexibility index (Phi) is 7.72. The van der Waals surface area contributed by atoms with E-state index < -0.39 is 24.4 Å². The summed E-state index contributed by atoms with van der Waals surface area (Å²) in [5.41, 5.74) is -0.348. The Labute approximate surface area is 211 Å². The second kappa shape index (κ2) is 9.89. The van der Waals surface area contributed by atoms with Gasteiger partial charge in [-0.25, -0.2) is 0 Å². The number of ether oxygens (including phenoxy) is 1. The van der Waals surface area contributed by atoms with Gasteiger partial charge < -0.3 is 25.2 Å². The summed E-state index contributed by atoms with van der Waals surface area (Å²) in [6.45, 7) is 13.4. The number of carbonyl (C=O) groups excluding carboxylic acids is 1. The van der Waals surface area contributed by atoms with Crippen molar-refractivity contribution < 1.29 is 30.0 Å². The number of cyclic esters (lactones) is 1. The van der Waals surface area contributed by atoms with Gasteiger partial charge in [0.25, 0.3) is 0 Å². The van der Waals surface area contributed by atoms with Crippen molar-refractivity contribution in [3.63, 3.8) is 0 Å². The fourth-order valence-electron chi connectivity index (χ4n) is 9.60. The van der Waals surface area contributed by atoms with Crippen molar-refractivity contribution in [2.75, 3.05) is 6.61 Å². The molecule has 35 heavy (non-hydrogen) atoms. The van der Waals surface area contributed by atoms with Crippen LogP contribution >= 0.6 is 0 Å². The molecule has 6 heteroatoms. The largest absolute Gasteiger partial charge is 0.465 e. The van der Waals surface area contributed by atoms with E-state index >= 15 is 0 Å². The highest BCUT2D eigenvalue weighted by atomic mass is 16.5. The number of hydrogen-bond donors (Lipinski definition) is 4. The highest BCUT2D eigenvalue weighted by Gasteiger charge is 2.63. The molecule has 4 N–H and O–H groups in total. The lowest BCUT2D eigenvalue weighted by atomic mass is 9.48. The summed E-state index contributed by atoms with van der Waals surface area (Å²) in [5, 5.41) is 43.2. The smallest absolute Gasteiger partial charge is 0.309 e. The Morgan fingerprint density at radius 2 is 1.63 bits per heavy atom. The summed E-state index contributed by atoms with van der Waals surface area (Å²) < 4.78 is 5.88. The van der Waals surface area contributed by atoms with Gasteiger partial charge in [-0.05, 0) is 90.8 Å². The second-order valence-electron chi connectivity index (χ2n) is 13.5. The van der Waals surface area contributed by atoms with Crippen molar-refractivity contribution in [1.82, 2.24) is 0 Å². The Morgan fingerprint density at radius 1 is 0.971 bits per heavy atom. The molecular formula is C29H50O6. The summed E-state index contributed by atoms with van der Waals surface area (Å²) in [4.78, 5) is 13.0. The van der Waals surface area contributed by atoms with Crippen molar-refractivity contribution in [3.05, 3.63) is 0 Å². The first-order chi connectivity index (χ1) is 16.4. The van der Waals surface area contributed by atoms with Gasteiger partial charge in [0.2, 0.25) is 0 Å². The van der Waals surface area contributed by atoms with Gasteiger partial charge in [-0.15, -0.1) is 0 Å². The van der Waals surface area contributed by atoms with Gasteiger partial charge in [0.1, 0.15) is 0 Å². The van der Waals surface area contributed by atoms with Gasteiger partial charge in [0.05, 0.1) is 36.9 Å². The van der Waals surface area contributed by atoms with Crippen LogP contribution in [-0.4, -0.2) is 57.4 Å². The van der Waals surface area contributed by atoms with Gasteiger partial charge in [0, 0.05) is 0 Å². The monoisotopic (exact) mass is 494 g/mol. The van der Waals surface area contributed by atoms with Gasteiger partial charge in [-0.2, -0.15) is 0 Å². The summed E-state index contributed by atoms with van der Waals surface area (Å²) in [6.07, 6.45) is 2.49. The number of aliphatic hydroxyl groups is 4. The van der Waals surface area contributed by atoms with E-state index in [-0.39, 0.29) is 52.8 Å². The van der Waals surface area contributed by atoms with Crippen LogP contribution < -0.4 is 0 Å². The molecule has 0 spiro atoms. The first kappa shape index (κ1) is 27.3. The quantitative estimate of drug-likeness (QED) is 0.419.